The molecule has 2 aliphatic heterocycles. The Hall–Kier alpha value is -2.26. The van der Waals surface area contributed by atoms with Crippen molar-refractivity contribution in [1.82, 2.24) is 19.3 Å². The molecular weight excluding hydrogens is 400 g/mol. The van der Waals surface area contributed by atoms with Gasteiger partial charge in [-0.3, -0.25) is 0 Å². The van der Waals surface area contributed by atoms with Gasteiger partial charge in [0.1, 0.15) is 22.4 Å². The summed E-state index contributed by atoms with van der Waals surface area (Å²) in [6.07, 6.45) is 6.38. The molecule has 0 aromatic carbocycles. The number of hydrogen-bond donors (Lipinski definition) is 1. The van der Waals surface area contributed by atoms with Crippen LogP contribution >= 0.6 is 0 Å². The molecule has 0 spiro atoms. The monoisotopic (exact) mass is 430 g/mol. The zero-order valence-electron chi connectivity index (χ0n) is 17.7. The Balaban J connectivity index is 1.34. The molecule has 0 unspecified atom stereocenters. The first-order valence-corrected chi connectivity index (χ1v) is 12.2. The van der Waals surface area contributed by atoms with Gasteiger partial charge in [0.25, 0.3) is 0 Å². The second-order valence-corrected chi connectivity index (χ2v) is 10.1. The van der Waals surface area contributed by atoms with E-state index in [2.05, 4.69) is 25.2 Å². The van der Waals surface area contributed by atoms with Gasteiger partial charge >= 0.3 is 0 Å². The van der Waals surface area contributed by atoms with Crippen molar-refractivity contribution >= 4 is 21.7 Å². The summed E-state index contributed by atoms with van der Waals surface area (Å²) in [5.41, 5.74) is 0.988. The van der Waals surface area contributed by atoms with E-state index in [0.29, 0.717) is 19.1 Å². The van der Waals surface area contributed by atoms with E-state index >= 15 is 0 Å². The van der Waals surface area contributed by atoms with Crippen LogP contribution in [0.15, 0.2) is 29.3 Å². The SMILES string of the molecule is Cc1cc(N2CCC(Nc3ccc(S(=O)(=O)N4CCCCC4)cn3)CC2)nc(C)n1. The van der Waals surface area contributed by atoms with E-state index in [1.165, 1.54) is 6.20 Å². The molecule has 162 valence electrons. The topological polar surface area (TPSA) is 91.3 Å². The summed E-state index contributed by atoms with van der Waals surface area (Å²) in [5, 5.41) is 3.45. The van der Waals surface area contributed by atoms with Crippen LogP contribution in [0.5, 0.6) is 0 Å². The van der Waals surface area contributed by atoms with Crippen LogP contribution in [0, 0.1) is 13.8 Å². The maximum Gasteiger partial charge on any atom is 0.244 e. The molecular formula is C21H30N6O2S. The average molecular weight is 431 g/mol. The highest BCUT2D eigenvalue weighted by atomic mass is 32.2. The predicted molar refractivity (Wildman–Crippen MR) is 117 cm³/mol. The highest BCUT2D eigenvalue weighted by Gasteiger charge is 2.26. The minimum atomic E-state index is -3.43. The molecule has 0 aliphatic carbocycles. The Bertz CT molecular complexity index is 945. The molecule has 4 rings (SSSR count). The summed E-state index contributed by atoms with van der Waals surface area (Å²) in [6.45, 7) is 6.95. The second-order valence-electron chi connectivity index (χ2n) is 8.16. The summed E-state index contributed by atoms with van der Waals surface area (Å²) in [5.74, 6) is 2.51. The van der Waals surface area contributed by atoms with E-state index in [0.717, 1.165) is 68.3 Å². The molecule has 8 nitrogen and oxygen atoms in total. The maximum atomic E-state index is 12.8. The summed E-state index contributed by atoms with van der Waals surface area (Å²) in [4.78, 5) is 15.9. The number of hydrogen-bond acceptors (Lipinski definition) is 7. The van der Waals surface area contributed by atoms with E-state index in [4.69, 9.17) is 0 Å². The fourth-order valence-electron chi connectivity index (χ4n) is 4.19. The summed E-state index contributed by atoms with van der Waals surface area (Å²) >= 11 is 0. The quantitative estimate of drug-likeness (QED) is 0.780. The Kier molecular flexibility index (Phi) is 6.19. The molecule has 2 aliphatic rings. The third-order valence-corrected chi connectivity index (χ3v) is 7.69. The number of anilines is 2. The van der Waals surface area contributed by atoms with E-state index in [1.54, 1.807) is 16.4 Å². The number of rotatable bonds is 5. The minimum Gasteiger partial charge on any atom is -0.367 e. The van der Waals surface area contributed by atoms with Gasteiger partial charge in [-0.05, 0) is 51.7 Å². The molecule has 0 radical (unpaired) electrons. The largest absolute Gasteiger partial charge is 0.367 e. The molecule has 0 saturated carbocycles. The smallest absolute Gasteiger partial charge is 0.244 e. The lowest BCUT2D eigenvalue weighted by Crippen LogP contribution is -2.39. The van der Waals surface area contributed by atoms with Gasteiger partial charge in [-0.2, -0.15) is 4.31 Å². The van der Waals surface area contributed by atoms with Gasteiger partial charge in [0.2, 0.25) is 10.0 Å². The van der Waals surface area contributed by atoms with Crippen LogP contribution in [0.4, 0.5) is 11.6 Å². The van der Waals surface area contributed by atoms with Gasteiger partial charge in [-0.15, -0.1) is 0 Å². The first-order chi connectivity index (χ1) is 14.4. The Morgan fingerprint density at radius 1 is 1.00 bits per heavy atom. The minimum absolute atomic E-state index is 0.277. The van der Waals surface area contributed by atoms with Crippen molar-refractivity contribution in [3.63, 3.8) is 0 Å². The van der Waals surface area contributed by atoms with E-state index in [1.807, 2.05) is 19.9 Å². The molecule has 2 aromatic heterocycles. The zero-order valence-corrected chi connectivity index (χ0v) is 18.5. The first-order valence-electron chi connectivity index (χ1n) is 10.7. The summed E-state index contributed by atoms with van der Waals surface area (Å²) in [6, 6.07) is 5.78. The standard InChI is InChI=1S/C21H30N6O2S/c1-16-14-21(24-17(2)23-16)26-12-8-18(9-13-26)25-20-7-6-19(15-22-20)30(28,29)27-10-4-3-5-11-27/h6-7,14-15,18H,3-5,8-13H2,1-2H3,(H,22,25). The van der Waals surface area contributed by atoms with Crippen molar-refractivity contribution in [1.29, 1.82) is 0 Å². The molecule has 0 atom stereocenters. The van der Waals surface area contributed by atoms with Gasteiger partial charge in [0.15, 0.2) is 0 Å². The molecule has 9 heteroatoms. The second kappa shape index (κ2) is 8.85. The van der Waals surface area contributed by atoms with Crippen LogP contribution in [0.25, 0.3) is 0 Å². The van der Waals surface area contributed by atoms with E-state index in [-0.39, 0.29) is 4.90 Å². The molecule has 30 heavy (non-hydrogen) atoms. The van der Waals surface area contributed by atoms with Crippen LogP contribution in [-0.4, -0.2) is 59.9 Å². The van der Waals surface area contributed by atoms with Crippen molar-refractivity contribution in [2.45, 2.75) is 56.9 Å². The summed E-state index contributed by atoms with van der Waals surface area (Å²) in [7, 11) is -3.43. The number of nitrogens with zero attached hydrogens (tertiary/aromatic N) is 5. The van der Waals surface area contributed by atoms with E-state index < -0.39 is 10.0 Å². The molecule has 2 saturated heterocycles. The fourth-order valence-corrected chi connectivity index (χ4v) is 5.66. The van der Waals surface area contributed by atoms with Crippen LogP contribution < -0.4 is 10.2 Å². The third-order valence-electron chi connectivity index (χ3n) is 5.81. The van der Waals surface area contributed by atoms with Crippen molar-refractivity contribution < 1.29 is 8.42 Å². The lowest BCUT2D eigenvalue weighted by Gasteiger charge is -2.33. The number of aryl methyl sites for hydroxylation is 2. The van der Waals surface area contributed by atoms with Crippen molar-refractivity contribution in [2.24, 2.45) is 0 Å². The van der Waals surface area contributed by atoms with Gasteiger partial charge < -0.3 is 10.2 Å². The van der Waals surface area contributed by atoms with Gasteiger partial charge in [-0.25, -0.2) is 23.4 Å². The zero-order chi connectivity index (χ0) is 21.1. The van der Waals surface area contributed by atoms with Crippen LogP contribution in [-0.2, 0) is 10.0 Å². The molecule has 2 aromatic rings. The molecule has 2 fully saturated rings. The first kappa shape index (κ1) is 21.0. The van der Waals surface area contributed by atoms with Crippen LogP contribution in [0.2, 0.25) is 0 Å². The van der Waals surface area contributed by atoms with Crippen molar-refractivity contribution in [2.75, 3.05) is 36.4 Å². The number of pyridine rings is 1. The number of nitrogens with one attached hydrogen (secondary N) is 1. The third kappa shape index (κ3) is 4.73. The lowest BCUT2D eigenvalue weighted by molar-refractivity contribution is 0.346. The normalized spacial score (nSPS) is 19.1. The number of piperidine rings is 2. The maximum absolute atomic E-state index is 12.8. The lowest BCUT2D eigenvalue weighted by atomic mass is 10.0. The molecule has 1 N–H and O–H groups in total. The molecule has 4 heterocycles. The van der Waals surface area contributed by atoms with Gasteiger partial charge in [0.05, 0.1) is 0 Å². The molecule has 0 bridgehead atoms. The average Bonchev–Trinajstić information content (AvgIpc) is 2.75. The number of sulfonamides is 1. The Morgan fingerprint density at radius 3 is 2.37 bits per heavy atom. The number of aromatic nitrogens is 3. The predicted octanol–water partition coefficient (Wildman–Crippen LogP) is 2.74. The van der Waals surface area contributed by atoms with Gasteiger partial charge in [-0.1, -0.05) is 6.42 Å². The fraction of sp³-hybridized carbons (Fsp3) is 0.571. The van der Waals surface area contributed by atoms with E-state index in [9.17, 15) is 8.42 Å². The van der Waals surface area contributed by atoms with Crippen molar-refractivity contribution in [3.8, 4) is 0 Å². The highest BCUT2D eigenvalue weighted by Crippen LogP contribution is 2.23. The van der Waals surface area contributed by atoms with Crippen molar-refractivity contribution in [3.05, 3.63) is 35.9 Å². The highest BCUT2D eigenvalue weighted by molar-refractivity contribution is 7.89. The summed E-state index contributed by atoms with van der Waals surface area (Å²) < 4.78 is 27.1. The Labute approximate surface area is 178 Å². The van der Waals surface area contributed by atoms with Gasteiger partial charge in [0, 0.05) is 50.2 Å². The molecule has 0 amide bonds. The van der Waals surface area contributed by atoms with Crippen LogP contribution in [0.3, 0.4) is 0 Å². The Morgan fingerprint density at radius 2 is 1.73 bits per heavy atom. The van der Waals surface area contributed by atoms with Crippen LogP contribution in [0.1, 0.15) is 43.6 Å².